The van der Waals surface area contributed by atoms with Crippen molar-refractivity contribution in [3.63, 3.8) is 0 Å². The van der Waals surface area contributed by atoms with Gasteiger partial charge in [-0.1, -0.05) is 28.1 Å². The zero-order chi connectivity index (χ0) is 12.1. The van der Waals surface area contributed by atoms with E-state index < -0.39 is 16.6 Å². The van der Waals surface area contributed by atoms with E-state index in [2.05, 4.69) is 20.7 Å². The number of esters is 1. The van der Waals surface area contributed by atoms with E-state index in [0.717, 1.165) is 17.7 Å². The first kappa shape index (κ1) is 12.4. The highest BCUT2D eigenvalue weighted by atomic mass is 79.9. The molecule has 0 aliphatic rings. The summed E-state index contributed by atoms with van der Waals surface area (Å²) in [4.78, 5) is 20.9. The molecule has 0 atom stereocenters. The quantitative estimate of drug-likeness (QED) is 0.370. The van der Waals surface area contributed by atoms with Crippen LogP contribution in [0.3, 0.4) is 0 Å². The van der Waals surface area contributed by atoms with Crippen LogP contribution in [0.1, 0.15) is 5.56 Å². The van der Waals surface area contributed by atoms with E-state index in [-0.39, 0.29) is 0 Å². The van der Waals surface area contributed by atoms with Gasteiger partial charge >= 0.3 is 11.7 Å². The summed E-state index contributed by atoms with van der Waals surface area (Å²) < 4.78 is 5.16. The fourth-order valence-corrected chi connectivity index (χ4v) is 1.27. The Morgan fingerprint density at radius 3 is 2.44 bits per heavy atom. The van der Waals surface area contributed by atoms with Gasteiger partial charge in [-0.2, -0.15) is 0 Å². The molecule has 0 aliphatic heterocycles. The topological polar surface area (TPSA) is 69.4 Å². The molecule has 6 heteroatoms. The predicted molar refractivity (Wildman–Crippen MR) is 61.1 cm³/mol. The lowest BCUT2D eigenvalue weighted by atomic mass is 10.2. The van der Waals surface area contributed by atoms with Crippen molar-refractivity contribution in [2.24, 2.45) is 0 Å². The van der Waals surface area contributed by atoms with Gasteiger partial charge in [0.05, 0.1) is 12.0 Å². The fourth-order valence-electron chi connectivity index (χ4n) is 1.01. The molecule has 0 radical (unpaired) electrons. The number of nitrogens with zero attached hydrogens (tertiary/aromatic N) is 1. The Morgan fingerprint density at radius 1 is 1.44 bits per heavy atom. The van der Waals surface area contributed by atoms with Crippen LogP contribution in [0.15, 0.2) is 34.4 Å². The van der Waals surface area contributed by atoms with Gasteiger partial charge in [-0.25, -0.2) is 4.79 Å². The van der Waals surface area contributed by atoms with Gasteiger partial charge in [0, 0.05) is 10.5 Å². The molecule has 0 bridgehead atoms. The molecule has 16 heavy (non-hydrogen) atoms. The average Bonchev–Trinajstić information content (AvgIpc) is 2.27. The lowest BCUT2D eigenvalue weighted by Gasteiger charge is -1.97. The van der Waals surface area contributed by atoms with Crippen molar-refractivity contribution in [1.82, 2.24) is 0 Å². The largest absolute Gasteiger partial charge is 0.461 e. The molecule has 0 aromatic heterocycles. The molecule has 1 aromatic carbocycles. The number of rotatable bonds is 3. The predicted octanol–water partition coefficient (Wildman–Crippen LogP) is 2.24. The zero-order valence-electron chi connectivity index (χ0n) is 8.34. The van der Waals surface area contributed by atoms with Crippen LogP contribution in [0.25, 0.3) is 6.08 Å². The highest BCUT2D eigenvalue weighted by Crippen LogP contribution is 2.13. The number of hydrogen-bond donors (Lipinski definition) is 0. The maximum Gasteiger partial charge on any atom is 0.409 e. The van der Waals surface area contributed by atoms with Crippen LogP contribution in [0.2, 0.25) is 0 Å². The number of hydrogen-bond acceptors (Lipinski definition) is 4. The molecule has 0 saturated carbocycles. The number of carbonyl (C=O) groups is 1. The minimum Gasteiger partial charge on any atom is -0.461 e. The molecular formula is C10H8BrNO4. The van der Waals surface area contributed by atoms with Gasteiger partial charge in [-0.15, -0.1) is 0 Å². The van der Waals surface area contributed by atoms with Gasteiger partial charge in [0.2, 0.25) is 0 Å². The Bertz CT molecular complexity index is 439. The van der Waals surface area contributed by atoms with Crippen molar-refractivity contribution >= 4 is 28.0 Å². The summed E-state index contributed by atoms with van der Waals surface area (Å²) in [6.07, 6.45) is 1.16. The maximum absolute atomic E-state index is 11.1. The van der Waals surface area contributed by atoms with E-state index in [4.69, 9.17) is 0 Å². The third-order valence-electron chi connectivity index (χ3n) is 1.76. The van der Waals surface area contributed by atoms with Crippen LogP contribution in [-0.4, -0.2) is 18.0 Å². The van der Waals surface area contributed by atoms with Crippen molar-refractivity contribution in [3.8, 4) is 0 Å². The number of nitro groups is 1. The number of methoxy groups -OCH3 is 1. The van der Waals surface area contributed by atoms with Crippen molar-refractivity contribution in [3.05, 3.63) is 50.1 Å². The third kappa shape index (κ3) is 3.16. The lowest BCUT2D eigenvalue weighted by molar-refractivity contribution is -0.419. The van der Waals surface area contributed by atoms with Crippen LogP contribution in [0.4, 0.5) is 0 Å². The van der Waals surface area contributed by atoms with Gasteiger partial charge in [0.1, 0.15) is 0 Å². The van der Waals surface area contributed by atoms with Crippen molar-refractivity contribution in [2.75, 3.05) is 7.11 Å². The van der Waals surface area contributed by atoms with E-state index in [1.807, 2.05) is 0 Å². The molecule has 0 aliphatic carbocycles. The normalized spacial score (nSPS) is 11.0. The second-order valence-electron chi connectivity index (χ2n) is 2.83. The summed E-state index contributed by atoms with van der Waals surface area (Å²) in [7, 11) is 1.10. The summed E-state index contributed by atoms with van der Waals surface area (Å²) in [5.41, 5.74) is -0.0369. The Hall–Kier alpha value is -1.69. The Morgan fingerprint density at radius 2 is 2.00 bits per heavy atom. The summed E-state index contributed by atoms with van der Waals surface area (Å²) in [6, 6.07) is 6.74. The minimum absolute atomic E-state index is 0.556. The molecule has 5 nitrogen and oxygen atoms in total. The minimum atomic E-state index is -0.965. The van der Waals surface area contributed by atoms with E-state index in [1.165, 1.54) is 0 Å². The highest BCUT2D eigenvalue weighted by molar-refractivity contribution is 9.10. The molecule has 0 fully saturated rings. The van der Waals surface area contributed by atoms with Crippen LogP contribution in [0.5, 0.6) is 0 Å². The van der Waals surface area contributed by atoms with Gasteiger partial charge in [-0.3, -0.25) is 10.1 Å². The standard InChI is InChI=1S/C10H8BrNO4/c1-16-10(13)9(12(14)15)6-7-2-4-8(11)5-3-7/h2-6H,1H3. The molecule has 1 aromatic rings. The summed E-state index contributed by atoms with van der Waals surface area (Å²) in [5, 5.41) is 10.6. The van der Waals surface area contributed by atoms with Gasteiger partial charge in [-0.05, 0) is 17.7 Å². The summed E-state index contributed by atoms with van der Waals surface area (Å²) >= 11 is 3.24. The second kappa shape index (κ2) is 5.41. The Kier molecular flexibility index (Phi) is 4.19. The number of halogens is 1. The van der Waals surface area contributed by atoms with Gasteiger partial charge in [0.25, 0.3) is 0 Å². The molecule has 0 heterocycles. The van der Waals surface area contributed by atoms with Gasteiger partial charge < -0.3 is 4.74 Å². The SMILES string of the molecule is COC(=O)C(=Cc1ccc(Br)cc1)[N+](=O)[O-]. The third-order valence-corrected chi connectivity index (χ3v) is 2.29. The van der Waals surface area contributed by atoms with E-state index in [1.54, 1.807) is 24.3 Å². The first-order valence-corrected chi connectivity index (χ1v) is 5.04. The van der Waals surface area contributed by atoms with Crippen LogP contribution >= 0.6 is 15.9 Å². The Labute approximate surface area is 100.0 Å². The highest BCUT2D eigenvalue weighted by Gasteiger charge is 2.22. The summed E-state index contributed by atoms with van der Waals surface area (Å²) in [6.45, 7) is 0. The summed E-state index contributed by atoms with van der Waals surface area (Å²) in [5.74, 6) is -0.965. The van der Waals surface area contributed by atoms with Crippen molar-refractivity contribution in [1.29, 1.82) is 0 Å². The zero-order valence-corrected chi connectivity index (χ0v) is 9.93. The van der Waals surface area contributed by atoms with E-state index >= 15 is 0 Å². The molecule has 0 amide bonds. The van der Waals surface area contributed by atoms with Gasteiger partial charge in [0.15, 0.2) is 0 Å². The molecule has 0 unspecified atom stereocenters. The monoisotopic (exact) mass is 285 g/mol. The van der Waals surface area contributed by atoms with Crippen LogP contribution in [0, 0.1) is 10.1 Å². The number of ether oxygens (including phenoxy) is 1. The molecule has 0 spiro atoms. The smallest absolute Gasteiger partial charge is 0.409 e. The molecule has 1 rings (SSSR count). The first-order valence-electron chi connectivity index (χ1n) is 4.24. The first-order chi connectivity index (χ1) is 7.54. The second-order valence-corrected chi connectivity index (χ2v) is 3.75. The fraction of sp³-hybridized carbons (Fsp3) is 0.100. The van der Waals surface area contributed by atoms with E-state index in [9.17, 15) is 14.9 Å². The number of benzene rings is 1. The lowest BCUT2D eigenvalue weighted by Crippen LogP contribution is -2.12. The average molecular weight is 286 g/mol. The van der Waals surface area contributed by atoms with E-state index in [0.29, 0.717) is 5.56 Å². The van der Waals surface area contributed by atoms with Crippen molar-refractivity contribution in [2.45, 2.75) is 0 Å². The molecule has 0 saturated heterocycles. The molecular weight excluding hydrogens is 278 g/mol. The molecule has 0 N–H and O–H groups in total. The van der Waals surface area contributed by atoms with Crippen molar-refractivity contribution < 1.29 is 14.5 Å². The number of carbonyl (C=O) groups excluding carboxylic acids is 1. The maximum atomic E-state index is 11.1. The van der Waals surface area contributed by atoms with Crippen LogP contribution in [-0.2, 0) is 9.53 Å². The van der Waals surface area contributed by atoms with Crippen LogP contribution < -0.4 is 0 Å². The Balaban J connectivity index is 3.07. The molecule has 84 valence electrons.